The van der Waals surface area contributed by atoms with Crippen molar-refractivity contribution in [1.29, 1.82) is 0 Å². The Morgan fingerprint density at radius 2 is 1.94 bits per heavy atom. The van der Waals surface area contributed by atoms with E-state index in [4.69, 9.17) is 23.2 Å². The molecule has 90 valence electrons. The zero-order chi connectivity index (χ0) is 12.6. The molecule has 0 aliphatic rings. The van der Waals surface area contributed by atoms with Crippen LogP contribution in [0.4, 0.5) is 0 Å². The van der Waals surface area contributed by atoms with Gasteiger partial charge in [-0.15, -0.1) is 11.6 Å². The van der Waals surface area contributed by atoms with E-state index >= 15 is 0 Å². The Morgan fingerprint density at radius 1 is 1.24 bits per heavy atom. The van der Waals surface area contributed by atoms with Gasteiger partial charge in [-0.1, -0.05) is 29.3 Å². The van der Waals surface area contributed by atoms with Crippen molar-refractivity contribution in [2.75, 3.05) is 0 Å². The van der Waals surface area contributed by atoms with Crippen molar-refractivity contribution in [1.82, 2.24) is 9.78 Å². The van der Waals surface area contributed by atoms with Gasteiger partial charge in [-0.25, -0.2) is 4.68 Å². The van der Waals surface area contributed by atoms with Crippen molar-refractivity contribution in [3.05, 3.63) is 45.7 Å². The number of alkyl halides is 1. The fourth-order valence-corrected chi connectivity index (χ4v) is 2.61. The summed E-state index contributed by atoms with van der Waals surface area (Å²) in [6.45, 7) is 6.04. The third-order valence-corrected chi connectivity index (χ3v) is 3.49. The van der Waals surface area contributed by atoms with Crippen LogP contribution in [0.3, 0.4) is 0 Å². The van der Waals surface area contributed by atoms with E-state index in [0.29, 0.717) is 11.0 Å². The fourth-order valence-electron chi connectivity index (χ4n) is 1.89. The minimum atomic E-state index is 0.384. The van der Waals surface area contributed by atoms with Crippen LogP contribution in [0.1, 0.15) is 22.4 Å². The monoisotopic (exact) mass is 268 g/mol. The van der Waals surface area contributed by atoms with Gasteiger partial charge < -0.3 is 0 Å². The second-order valence-corrected chi connectivity index (χ2v) is 4.82. The molecule has 2 nitrogen and oxygen atoms in total. The molecule has 0 radical (unpaired) electrons. The summed E-state index contributed by atoms with van der Waals surface area (Å²) in [5, 5.41) is 5.04. The van der Waals surface area contributed by atoms with Gasteiger partial charge in [-0.3, -0.25) is 0 Å². The average molecular weight is 269 g/mol. The first-order valence-corrected chi connectivity index (χ1v) is 6.33. The zero-order valence-corrected chi connectivity index (χ0v) is 11.6. The molecule has 1 heterocycles. The Morgan fingerprint density at radius 3 is 2.47 bits per heavy atom. The summed E-state index contributed by atoms with van der Waals surface area (Å²) in [5.41, 5.74) is 5.15. The summed E-state index contributed by atoms with van der Waals surface area (Å²) in [4.78, 5) is 0. The predicted octanol–water partition coefficient (Wildman–Crippen LogP) is 4.19. The van der Waals surface area contributed by atoms with Gasteiger partial charge in [-0.05, 0) is 32.4 Å². The minimum absolute atomic E-state index is 0.384. The van der Waals surface area contributed by atoms with Gasteiger partial charge in [-0.2, -0.15) is 5.10 Å². The summed E-state index contributed by atoms with van der Waals surface area (Å²) in [5.74, 6) is 0.384. The first kappa shape index (κ1) is 12.5. The van der Waals surface area contributed by atoms with E-state index in [1.54, 1.807) is 4.68 Å². The molecular formula is C13H14Cl2N2. The van der Waals surface area contributed by atoms with Crippen LogP contribution in [0, 0.1) is 20.8 Å². The van der Waals surface area contributed by atoms with Gasteiger partial charge in [0.15, 0.2) is 0 Å². The largest absolute Gasteiger partial charge is 0.221 e. The maximum absolute atomic E-state index is 6.29. The quantitative estimate of drug-likeness (QED) is 0.747. The molecule has 2 rings (SSSR count). The Bertz CT molecular complexity index is 559. The lowest BCUT2D eigenvalue weighted by Crippen LogP contribution is -1.99. The van der Waals surface area contributed by atoms with E-state index in [-0.39, 0.29) is 0 Å². The second kappa shape index (κ2) is 4.71. The van der Waals surface area contributed by atoms with Crippen molar-refractivity contribution in [2.45, 2.75) is 26.7 Å². The number of benzene rings is 1. The first-order valence-electron chi connectivity index (χ1n) is 5.42. The van der Waals surface area contributed by atoms with Crippen molar-refractivity contribution < 1.29 is 0 Å². The molecule has 17 heavy (non-hydrogen) atoms. The third kappa shape index (κ3) is 2.20. The highest BCUT2D eigenvalue weighted by Crippen LogP contribution is 2.26. The molecule has 0 atom stereocenters. The van der Waals surface area contributed by atoms with E-state index < -0.39 is 0 Å². The van der Waals surface area contributed by atoms with Crippen LogP contribution in [0.2, 0.25) is 5.15 Å². The van der Waals surface area contributed by atoms with E-state index in [9.17, 15) is 0 Å². The Kier molecular flexibility index (Phi) is 3.45. The van der Waals surface area contributed by atoms with Gasteiger partial charge in [0.25, 0.3) is 0 Å². The average Bonchev–Trinajstić information content (AvgIpc) is 2.54. The molecule has 4 heteroatoms. The van der Waals surface area contributed by atoms with Crippen LogP contribution in [0.15, 0.2) is 18.2 Å². The molecule has 1 aromatic carbocycles. The third-order valence-electron chi connectivity index (χ3n) is 2.84. The molecule has 0 spiro atoms. The highest BCUT2D eigenvalue weighted by molar-refractivity contribution is 6.31. The number of halogens is 2. The number of aryl methyl sites for hydroxylation is 3. The summed E-state index contributed by atoms with van der Waals surface area (Å²) < 4.78 is 1.75. The van der Waals surface area contributed by atoms with E-state index in [1.165, 1.54) is 5.56 Å². The molecule has 0 N–H and O–H groups in total. The van der Waals surface area contributed by atoms with Crippen LogP contribution in [0.25, 0.3) is 5.69 Å². The lowest BCUT2D eigenvalue weighted by atomic mass is 10.1. The topological polar surface area (TPSA) is 17.8 Å². The molecule has 0 fully saturated rings. The van der Waals surface area contributed by atoms with Crippen LogP contribution < -0.4 is 0 Å². The van der Waals surface area contributed by atoms with E-state index in [1.807, 2.05) is 13.0 Å². The summed E-state index contributed by atoms with van der Waals surface area (Å²) in [7, 11) is 0. The summed E-state index contributed by atoms with van der Waals surface area (Å²) >= 11 is 12.2. The van der Waals surface area contributed by atoms with Gasteiger partial charge >= 0.3 is 0 Å². The van der Waals surface area contributed by atoms with Crippen molar-refractivity contribution in [2.24, 2.45) is 0 Å². The Labute approximate surface area is 111 Å². The normalized spacial score (nSPS) is 10.9. The smallest absolute Gasteiger partial charge is 0.137 e. The Balaban J connectivity index is 2.61. The van der Waals surface area contributed by atoms with Crippen LogP contribution >= 0.6 is 23.2 Å². The molecule has 2 aromatic rings. The lowest BCUT2D eigenvalue weighted by Gasteiger charge is -2.08. The maximum atomic E-state index is 6.29. The van der Waals surface area contributed by atoms with Crippen molar-refractivity contribution in [3.8, 4) is 5.69 Å². The van der Waals surface area contributed by atoms with E-state index in [2.05, 4.69) is 31.1 Å². The SMILES string of the molecule is Cc1ccc(-n2nc(C)c(CCl)c2Cl)c(C)c1. The molecule has 0 saturated heterocycles. The summed E-state index contributed by atoms with van der Waals surface area (Å²) in [6.07, 6.45) is 0. The molecule has 0 aliphatic heterocycles. The standard InChI is InChI=1S/C13H14Cl2N2/c1-8-4-5-12(9(2)6-8)17-13(15)11(7-14)10(3)16-17/h4-6H,7H2,1-3H3. The van der Waals surface area contributed by atoms with Crippen molar-refractivity contribution >= 4 is 23.2 Å². The van der Waals surface area contributed by atoms with E-state index in [0.717, 1.165) is 22.5 Å². The van der Waals surface area contributed by atoms with Crippen molar-refractivity contribution in [3.63, 3.8) is 0 Å². The summed E-state index contributed by atoms with van der Waals surface area (Å²) in [6, 6.07) is 6.19. The minimum Gasteiger partial charge on any atom is -0.221 e. The molecule has 1 aromatic heterocycles. The maximum Gasteiger partial charge on any atom is 0.137 e. The lowest BCUT2D eigenvalue weighted by molar-refractivity contribution is 0.856. The number of nitrogens with zero attached hydrogens (tertiary/aromatic N) is 2. The molecule has 0 unspecified atom stereocenters. The molecule has 0 bridgehead atoms. The molecule has 0 aliphatic carbocycles. The zero-order valence-electron chi connectivity index (χ0n) is 10.1. The molecular weight excluding hydrogens is 255 g/mol. The Hall–Kier alpha value is -0.990. The first-order chi connectivity index (χ1) is 8.04. The van der Waals surface area contributed by atoms with Gasteiger partial charge in [0.2, 0.25) is 0 Å². The van der Waals surface area contributed by atoms with Gasteiger partial charge in [0.1, 0.15) is 5.15 Å². The molecule has 0 amide bonds. The number of hydrogen-bond donors (Lipinski definition) is 0. The number of rotatable bonds is 2. The van der Waals surface area contributed by atoms with Crippen LogP contribution in [0.5, 0.6) is 0 Å². The van der Waals surface area contributed by atoms with Crippen LogP contribution in [-0.2, 0) is 5.88 Å². The molecule has 0 saturated carbocycles. The fraction of sp³-hybridized carbons (Fsp3) is 0.308. The highest BCUT2D eigenvalue weighted by atomic mass is 35.5. The number of hydrogen-bond acceptors (Lipinski definition) is 1. The van der Waals surface area contributed by atoms with Gasteiger partial charge in [0.05, 0.1) is 17.3 Å². The second-order valence-electron chi connectivity index (χ2n) is 4.19. The number of aromatic nitrogens is 2. The predicted molar refractivity (Wildman–Crippen MR) is 72.3 cm³/mol. The van der Waals surface area contributed by atoms with Crippen LogP contribution in [-0.4, -0.2) is 9.78 Å². The van der Waals surface area contributed by atoms with Gasteiger partial charge in [0, 0.05) is 5.56 Å². The highest BCUT2D eigenvalue weighted by Gasteiger charge is 2.14.